The number of nitrogens with one attached hydrogen (secondary N) is 3. The number of imide groups is 1. The first-order valence-corrected chi connectivity index (χ1v) is 7.64. The normalized spacial score (nSPS) is 17.5. The Balaban J connectivity index is 1.77. The Morgan fingerprint density at radius 3 is 2.81 bits per heavy atom. The van der Waals surface area contributed by atoms with E-state index in [1.54, 1.807) is 11.3 Å². The Morgan fingerprint density at radius 2 is 2.19 bits per heavy atom. The van der Waals surface area contributed by atoms with Gasteiger partial charge in [0.15, 0.2) is 0 Å². The van der Waals surface area contributed by atoms with Crippen molar-refractivity contribution < 1.29 is 14.4 Å². The number of urea groups is 1. The molecule has 1 aromatic rings. The molecule has 0 spiro atoms. The molecule has 0 radical (unpaired) electrons. The maximum absolute atomic E-state index is 11.8. The molecule has 1 saturated heterocycles. The van der Waals surface area contributed by atoms with Crippen LogP contribution in [0.5, 0.6) is 0 Å². The highest BCUT2D eigenvalue weighted by atomic mass is 32.1. The molecule has 1 aromatic heterocycles. The molecule has 1 aliphatic heterocycles. The summed E-state index contributed by atoms with van der Waals surface area (Å²) in [5.41, 5.74) is 1.01. The van der Waals surface area contributed by atoms with Gasteiger partial charge in [-0.3, -0.25) is 14.9 Å². The second-order valence-electron chi connectivity index (χ2n) is 4.79. The van der Waals surface area contributed by atoms with Gasteiger partial charge in [0.05, 0.1) is 17.2 Å². The Bertz CT molecular complexity index is 570. The average molecular weight is 310 g/mol. The van der Waals surface area contributed by atoms with E-state index in [2.05, 4.69) is 20.9 Å². The summed E-state index contributed by atoms with van der Waals surface area (Å²) >= 11 is 1.58. The van der Waals surface area contributed by atoms with E-state index in [0.717, 1.165) is 22.0 Å². The number of thiazole rings is 1. The van der Waals surface area contributed by atoms with Crippen LogP contribution < -0.4 is 16.0 Å². The summed E-state index contributed by atoms with van der Waals surface area (Å²) in [5, 5.41) is 8.42. The van der Waals surface area contributed by atoms with Gasteiger partial charge in [-0.05, 0) is 19.8 Å². The van der Waals surface area contributed by atoms with Crippen LogP contribution in [0.1, 0.15) is 35.3 Å². The summed E-state index contributed by atoms with van der Waals surface area (Å²) in [6.07, 6.45) is 1.33. The summed E-state index contributed by atoms with van der Waals surface area (Å²) in [7, 11) is 0. The number of hydrogen-bond donors (Lipinski definition) is 3. The van der Waals surface area contributed by atoms with Crippen LogP contribution in [-0.2, 0) is 22.6 Å². The number of carbonyl (C=O) groups excluding carboxylic acids is 3. The van der Waals surface area contributed by atoms with Crippen molar-refractivity contribution in [1.82, 2.24) is 20.9 Å². The molecule has 0 saturated carbocycles. The molecular weight excluding hydrogens is 292 g/mol. The van der Waals surface area contributed by atoms with E-state index in [9.17, 15) is 14.4 Å². The largest absolute Gasteiger partial charge is 0.351 e. The van der Waals surface area contributed by atoms with E-state index < -0.39 is 12.1 Å². The molecule has 21 heavy (non-hydrogen) atoms. The molecular formula is C13H18N4O3S. The summed E-state index contributed by atoms with van der Waals surface area (Å²) in [6, 6.07) is -1.11. The lowest BCUT2D eigenvalue weighted by Gasteiger charge is -2.07. The molecule has 8 heteroatoms. The average Bonchev–Trinajstić information content (AvgIpc) is 2.95. The van der Waals surface area contributed by atoms with Crippen molar-refractivity contribution in [3.63, 3.8) is 0 Å². The highest BCUT2D eigenvalue weighted by molar-refractivity contribution is 7.11. The molecule has 0 bridgehead atoms. The fraction of sp³-hybridized carbons (Fsp3) is 0.538. The van der Waals surface area contributed by atoms with E-state index in [1.165, 1.54) is 0 Å². The molecule has 3 N–H and O–H groups in total. The third kappa shape index (κ3) is 4.01. The van der Waals surface area contributed by atoms with Gasteiger partial charge in [0.2, 0.25) is 5.91 Å². The number of aromatic nitrogens is 1. The van der Waals surface area contributed by atoms with Crippen LogP contribution in [0, 0.1) is 6.92 Å². The van der Waals surface area contributed by atoms with E-state index in [4.69, 9.17) is 0 Å². The molecule has 7 nitrogen and oxygen atoms in total. The summed E-state index contributed by atoms with van der Waals surface area (Å²) in [6.45, 7) is 4.43. The number of rotatable bonds is 6. The minimum Gasteiger partial charge on any atom is -0.351 e. The summed E-state index contributed by atoms with van der Waals surface area (Å²) in [4.78, 5) is 39.5. The van der Waals surface area contributed by atoms with Gasteiger partial charge in [-0.25, -0.2) is 9.78 Å². The molecule has 1 aliphatic rings. The van der Waals surface area contributed by atoms with Gasteiger partial charge < -0.3 is 10.6 Å². The lowest BCUT2D eigenvalue weighted by atomic mass is 10.1. The fourth-order valence-electron chi connectivity index (χ4n) is 2.13. The van der Waals surface area contributed by atoms with Gasteiger partial charge in [-0.2, -0.15) is 0 Å². The Morgan fingerprint density at radius 1 is 1.43 bits per heavy atom. The Kier molecular flexibility index (Phi) is 4.89. The zero-order chi connectivity index (χ0) is 15.4. The van der Waals surface area contributed by atoms with Gasteiger partial charge in [-0.1, -0.05) is 6.92 Å². The van der Waals surface area contributed by atoms with E-state index in [-0.39, 0.29) is 18.2 Å². The standard InChI is InChI=1S/C13H18N4O3S/c1-3-8-10(21-7(2)15-8)6-14-11(18)5-4-9-12(19)17-13(20)16-9/h9H,3-6H2,1-2H3,(H,14,18)(H2,16,17,19,20). The van der Waals surface area contributed by atoms with Crippen LogP contribution in [-0.4, -0.2) is 28.9 Å². The number of nitrogens with zero attached hydrogens (tertiary/aromatic N) is 1. The molecule has 0 aliphatic carbocycles. The predicted octanol–water partition coefficient (Wildman–Crippen LogP) is 0.618. The van der Waals surface area contributed by atoms with E-state index in [1.807, 2.05) is 13.8 Å². The molecule has 4 amide bonds. The topological polar surface area (TPSA) is 100 Å². The van der Waals surface area contributed by atoms with Crippen molar-refractivity contribution in [1.29, 1.82) is 0 Å². The van der Waals surface area contributed by atoms with Crippen LogP contribution in [0.2, 0.25) is 0 Å². The lowest BCUT2D eigenvalue weighted by molar-refractivity contribution is -0.122. The molecule has 1 atom stereocenters. The Labute approximate surface area is 126 Å². The second kappa shape index (κ2) is 6.66. The Hall–Kier alpha value is -1.96. The number of hydrogen-bond acceptors (Lipinski definition) is 5. The highest BCUT2D eigenvalue weighted by Crippen LogP contribution is 2.18. The lowest BCUT2D eigenvalue weighted by Crippen LogP contribution is -2.31. The van der Waals surface area contributed by atoms with Gasteiger partial charge in [0.25, 0.3) is 5.91 Å². The van der Waals surface area contributed by atoms with Crippen LogP contribution in [0.4, 0.5) is 4.79 Å². The van der Waals surface area contributed by atoms with Gasteiger partial charge in [-0.15, -0.1) is 11.3 Å². The van der Waals surface area contributed by atoms with Gasteiger partial charge >= 0.3 is 6.03 Å². The summed E-state index contributed by atoms with van der Waals surface area (Å²) in [5.74, 6) is -0.517. The van der Waals surface area contributed by atoms with Gasteiger partial charge in [0.1, 0.15) is 6.04 Å². The predicted molar refractivity (Wildman–Crippen MR) is 77.8 cm³/mol. The minimum atomic E-state index is -0.611. The maximum atomic E-state index is 11.8. The van der Waals surface area contributed by atoms with Crippen molar-refractivity contribution in [2.45, 2.75) is 45.7 Å². The molecule has 114 valence electrons. The number of carbonyl (C=O) groups is 3. The van der Waals surface area contributed by atoms with Crippen molar-refractivity contribution >= 4 is 29.2 Å². The third-order valence-corrected chi connectivity index (χ3v) is 4.20. The highest BCUT2D eigenvalue weighted by Gasteiger charge is 2.29. The minimum absolute atomic E-state index is 0.142. The van der Waals surface area contributed by atoms with Crippen LogP contribution in [0.3, 0.4) is 0 Å². The zero-order valence-electron chi connectivity index (χ0n) is 12.0. The second-order valence-corrected chi connectivity index (χ2v) is 6.07. The smallest absolute Gasteiger partial charge is 0.322 e. The molecule has 1 fully saturated rings. The van der Waals surface area contributed by atoms with Crippen LogP contribution in [0.25, 0.3) is 0 Å². The van der Waals surface area contributed by atoms with Crippen molar-refractivity contribution in [3.8, 4) is 0 Å². The maximum Gasteiger partial charge on any atom is 0.322 e. The van der Waals surface area contributed by atoms with Crippen LogP contribution in [0.15, 0.2) is 0 Å². The molecule has 2 rings (SSSR count). The SMILES string of the molecule is CCc1nc(C)sc1CNC(=O)CCC1NC(=O)NC1=O. The first-order valence-electron chi connectivity index (χ1n) is 6.82. The van der Waals surface area contributed by atoms with Crippen LogP contribution >= 0.6 is 11.3 Å². The number of aryl methyl sites for hydroxylation is 2. The zero-order valence-corrected chi connectivity index (χ0v) is 12.8. The van der Waals surface area contributed by atoms with Gasteiger partial charge in [0, 0.05) is 11.3 Å². The van der Waals surface area contributed by atoms with E-state index in [0.29, 0.717) is 13.0 Å². The van der Waals surface area contributed by atoms with Crippen molar-refractivity contribution in [3.05, 3.63) is 15.6 Å². The first kappa shape index (κ1) is 15.4. The van der Waals surface area contributed by atoms with Crippen molar-refractivity contribution in [2.75, 3.05) is 0 Å². The first-order chi connectivity index (χ1) is 9.99. The number of amides is 4. The molecule has 1 unspecified atom stereocenters. The van der Waals surface area contributed by atoms with E-state index >= 15 is 0 Å². The fourth-order valence-corrected chi connectivity index (χ4v) is 3.10. The van der Waals surface area contributed by atoms with Crippen molar-refractivity contribution in [2.24, 2.45) is 0 Å². The molecule has 0 aromatic carbocycles. The monoisotopic (exact) mass is 310 g/mol. The summed E-state index contributed by atoms with van der Waals surface area (Å²) < 4.78 is 0. The third-order valence-electron chi connectivity index (χ3n) is 3.18. The quantitative estimate of drug-likeness (QED) is 0.670. The molecule has 2 heterocycles.